The number of nitro benzene ring substituents is 1. The fourth-order valence-corrected chi connectivity index (χ4v) is 2.77. The zero-order valence-electron chi connectivity index (χ0n) is 16.3. The number of amides is 1. The number of rotatable bonds is 9. The van der Waals surface area contributed by atoms with Crippen LogP contribution < -0.4 is 14.8 Å². The second-order valence-corrected chi connectivity index (χ2v) is 6.25. The number of nitro groups is 1. The maximum atomic E-state index is 12.5. The van der Waals surface area contributed by atoms with E-state index in [1.807, 2.05) is 24.3 Å². The molecule has 0 aliphatic carbocycles. The Morgan fingerprint density at radius 3 is 2.77 bits per heavy atom. The first kappa shape index (κ1) is 20.7. The van der Waals surface area contributed by atoms with Crippen molar-refractivity contribution >= 4 is 17.3 Å². The number of ether oxygens (including phenoxy) is 2. The third-order valence-corrected chi connectivity index (χ3v) is 4.24. The Kier molecular flexibility index (Phi) is 6.49. The van der Waals surface area contributed by atoms with Gasteiger partial charge < -0.3 is 19.2 Å². The predicted octanol–water partition coefficient (Wildman–Crippen LogP) is 4.76. The van der Waals surface area contributed by atoms with Crippen LogP contribution >= 0.6 is 0 Å². The molecular formula is C22H20N2O6. The number of carbonyl (C=O) groups is 1. The van der Waals surface area contributed by atoms with Crippen LogP contribution in [0.4, 0.5) is 11.4 Å². The molecule has 3 aromatic rings. The maximum Gasteiger partial charge on any atom is 0.296 e. The normalized spacial score (nSPS) is 10.3. The largest absolute Gasteiger partial charge is 0.496 e. The van der Waals surface area contributed by atoms with Crippen LogP contribution in [0, 0.1) is 10.1 Å². The van der Waals surface area contributed by atoms with E-state index in [-0.39, 0.29) is 23.7 Å². The van der Waals surface area contributed by atoms with E-state index in [4.69, 9.17) is 13.9 Å². The van der Waals surface area contributed by atoms with Crippen LogP contribution in [0.25, 0.3) is 0 Å². The maximum absolute atomic E-state index is 12.5. The van der Waals surface area contributed by atoms with Crippen LogP contribution in [0.3, 0.4) is 0 Å². The Morgan fingerprint density at radius 2 is 2.03 bits per heavy atom. The highest BCUT2D eigenvalue weighted by molar-refractivity contribution is 6.03. The molecule has 0 fully saturated rings. The lowest BCUT2D eigenvalue weighted by atomic mass is 10.1. The van der Waals surface area contributed by atoms with Crippen LogP contribution in [0.5, 0.6) is 11.5 Å². The van der Waals surface area contributed by atoms with E-state index in [9.17, 15) is 14.9 Å². The summed E-state index contributed by atoms with van der Waals surface area (Å²) >= 11 is 0. The molecule has 1 N–H and O–H groups in total. The van der Waals surface area contributed by atoms with Gasteiger partial charge in [-0.1, -0.05) is 24.3 Å². The number of anilines is 1. The molecule has 0 spiro atoms. The summed E-state index contributed by atoms with van der Waals surface area (Å²) < 4.78 is 16.3. The molecule has 154 valence electrons. The summed E-state index contributed by atoms with van der Waals surface area (Å²) in [5.41, 5.74) is 0.749. The molecule has 8 nitrogen and oxygen atoms in total. The number of allylic oxidation sites excluding steroid dienone is 1. The van der Waals surface area contributed by atoms with Crippen molar-refractivity contribution in [2.45, 2.75) is 13.0 Å². The molecule has 3 rings (SSSR count). The summed E-state index contributed by atoms with van der Waals surface area (Å²) in [6.07, 6.45) is 2.46. The Morgan fingerprint density at radius 1 is 1.23 bits per heavy atom. The van der Waals surface area contributed by atoms with Gasteiger partial charge >= 0.3 is 0 Å². The summed E-state index contributed by atoms with van der Waals surface area (Å²) in [7, 11) is 1.40. The van der Waals surface area contributed by atoms with Crippen molar-refractivity contribution in [3.05, 3.63) is 94.5 Å². The number of nitrogens with one attached hydrogen (secondary N) is 1. The third kappa shape index (κ3) is 4.85. The number of benzene rings is 2. The van der Waals surface area contributed by atoms with Gasteiger partial charge in [0, 0.05) is 0 Å². The monoisotopic (exact) mass is 408 g/mol. The first-order chi connectivity index (χ1) is 14.5. The van der Waals surface area contributed by atoms with E-state index in [1.54, 1.807) is 12.1 Å². The van der Waals surface area contributed by atoms with Gasteiger partial charge in [0.1, 0.15) is 29.6 Å². The van der Waals surface area contributed by atoms with Crippen molar-refractivity contribution in [2.24, 2.45) is 0 Å². The number of methoxy groups -OCH3 is 1. The molecule has 0 atom stereocenters. The third-order valence-electron chi connectivity index (χ3n) is 4.24. The fraction of sp³-hybridized carbons (Fsp3) is 0.136. The summed E-state index contributed by atoms with van der Waals surface area (Å²) in [6.45, 7) is 3.86. The molecule has 0 saturated heterocycles. The first-order valence-corrected chi connectivity index (χ1v) is 9.06. The average molecular weight is 408 g/mol. The molecule has 0 radical (unpaired) electrons. The second kappa shape index (κ2) is 9.42. The van der Waals surface area contributed by atoms with E-state index in [2.05, 4.69) is 11.9 Å². The van der Waals surface area contributed by atoms with Gasteiger partial charge in [-0.25, -0.2) is 0 Å². The zero-order chi connectivity index (χ0) is 21.5. The number of nitrogens with zero attached hydrogens (tertiary/aromatic N) is 1. The van der Waals surface area contributed by atoms with Crippen molar-refractivity contribution in [1.82, 2.24) is 0 Å². The molecule has 0 aliphatic rings. The number of hydrogen-bond acceptors (Lipinski definition) is 6. The molecular weight excluding hydrogens is 388 g/mol. The van der Waals surface area contributed by atoms with E-state index in [0.717, 1.165) is 5.56 Å². The van der Waals surface area contributed by atoms with Crippen molar-refractivity contribution in [2.75, 3.05) is 12.4 Å². The predicted molar refractivity (Wildman–Crippen MR) is 111 cm³/mol. The quantitative estimate of drug-likeness (QED) is 0.311. The standard InChI is InChI=1S/C22H20N2O6/c1-3-6-15-7-4-5-8-20(15)29-14-17-10-12-21(30-17)22(25)23-18-11-9-16(28-2)13-19(18)24(26)27/h3-5,7-13H,1,6,14H2,2H3,(H,23,25). The molecule has 30 heavy (non-hydrogen) atoms. The molecule has 0 saturated carbocycles. The first-order valence-electron chi connectivity index (χ1n) is 9.06. The highest BCUT2D eigenvalue weighted by Crippen LogP contribution is 2.29. The highest BCUT2D eigenvalue weighted by atomic mass is 16.6. The topological polar surface area (TPSA) is 104 Å². The van der Waals surface area contributed by atoms with E-state index in [0.29, 0.717) is 23.7 Å². The number of carbonyl (C=O) groups excluding carboxylic acids is 1. The Hall–Kier alpha value is -4.07. The number of hydrogen-bond donors (Lipinski definition) is 1. The summed E-state index contributed by atoms with van der Waals surface area (Å²) in [4.78, 5) is 23.1. The van der Waals surface area contributed by atoms with Gasteiger partial charge in [0.2, 0.25) is 0 Å². The van der Waals surface area contributed by atoms with Gasteiger partial charge in [-0.3, -0.25) is 14.9 Å². The Balaban J connectivity index is 1.69. The fourth-order valence-electron chi connectivity index (χ4n) is 2.77. The van der Waals surface area contributed by atoms with Crippen molar-refractivity contribution < 1.29 is 23.6 Å². The number of para-hydroxylation sites is 1. The molecule has 2 aromatic carbocycles. The van der Waals surface area contributed by atoms with Gasteiger partial charge in [0.05, 0.1) is 18.1 Å². The van der Waals surface area contributed by atoms with E-state index >= 15 is 0 Å². The van der Waals surface area contributed by atoms with Crippen LogP contribution in [-0.2, 0) is 13.0 Å². The van der Waals surface area contributed by atoms with Crippen LogP contribution in [0.1, 0.15) is 21.9 Å². The smallest absolute Gasteiger partial charge is 0.296 e. The molecule has 0 unspecified atom stereocenters. The number of furan rings is 1. The SMILES string of the molecule is C=CCc1ccccc1OCc1ccc(C(=O)Nc2ccc(OC)cc2[N+](=O)[O-])o1. The minimum absolute atomic E-state index is 0.0121. The van der Waals surface area contributed by atoms with Gasteiger partial charge in [0.25, 0.3) is 11.6 Å². The minimum atomic E-state index is -0.610. The van der Waals surface area contributed by atoms with Crippen LogP contribution in [0.2, 0.25) is 0 Å². The zero-order valence-corrected chi connectivity index (χ0v) is 16.3. The van der Waals surface area contributed by atoms with Crippen molar-refractivity contribution in [1.29, 1.82) is 0 Å². The van der Waals surface area contributed by atoms with E-state index in [1.165, 1.54) is 31.4 Å². The van der Waals surface area contributed by atoms with E-state index < -0.39 is 10.8 Å². The molecule has 0 aliphatic heterocycles. The summed E-state index contributed by atoms with van der Waals surface area (Å²) in [5.74, 6) is 0.861. The minimum Gasteiger partial charge on any atom is -0.496 e. The van der Waals surface area contributed by atoms with Gasteiger partial charge in [-0.2, -0.15) is 0 Å². The molecule has 1 amide bonds. The lowest BCUT2D eigenvalue weighted by molar-refractivity contribution is -0.384. The summed E-state index contributed by atoms with van der Waals surface area (Å²) in [6, 6.07) is 14.8. The molecule has 1 aromatic heterocycles. The lowest BCUT2D eigenvalue weighted by Crippen LogP contribution is -2.12. The average Bonchev–Trinajstić information content (AvgIpc) is 3.22. The van der Waals surface area contributed by atoms with Crippen LogP contribution in [-0.4, -0.2) is 17.9 Å². The van der Waals surface area contributed by atoms with Crippen molar-refractivity contribution in [3.8, 4) is 11.5 Å². The summed E-state index contributed by atoms with van der Waals surface area (Å²) in [5, 5.41) is 13.7. The Bertz CT molecular complexity index is 1070. The molecule has 0 bridgehead atoms. The highest BCUT2D eigenvalue weighted by Gasteiger charge is 2.20. The second-order valence-electron chi connectivity index (χ2n) is 6.25. The molecule has 1 heterocycles. The Labute approximate surface area is 172 Å². The van der Waals surface area contributed by atoms with Gasteiger partial charge in [0.15, 0.2) is 5.76 Å². The van der Waals surface area contributed by atoms with Gasteiger partial charge in [-0.05, 0) is 42.3 Å². The van der Waals surface area contributed by atoms with Crippen molar-refractivity contribution in [3.63, 3.8) is 0 Å². The molecule has 8 heteroatoms. The van der Waals surface area contributed by atoms with Gasteiger partial charge in [-0.15, -0.1) is 6.58 Å². The van der Waals surface area contributed by atoms with Crippen LogP contribution in [0.15, 0.2) is 71.7 Å². The lowest BCUT2D eigenvalue weighted by Gasteiger charge is -2.09.